The van der Waals surface area contributed by atoms with Crippen molar-refractivity contribution in [2.24, 2.45) is 11.7 Å². The molecule has 72 valence electrons. The quantitative estimate of drug-likeness (QED) is 0.372. The Morgan fingerprint density at radius 3 is 2.50 bits per heavy atom. The topological polar surface area (TPSA) is 95.9 Å². The molecule has 0 spiro atoms. The molecule has 1 fully saturated rings. The van der Waals surface area contributed by atoms with Crippen molar-refractivity contribution in [2.45, 2.75) is 31.5 Å². The number of nitrogens with two attached hydrogens (primary N) is 1. The van der Waals surface area contributed by atoms with E-state index in [0.29, 0.717) is 0 Å². The Labute approximate surface area is 70.8 Å². The molecule has 0 aromatic heterocycles. The number of rotatable bonds is 1. The molecule has 0 aromatic carbocycles. The summed E-state index contributed by atoms with van der Waals surface area (Å²) in [6.07, 6.45) is -2.55. The summed E-state index contributed by atoms with van der Waals surface area (Å²) in [5, 5.41) is 27.4. The summed E-state index contributed by atoms with van der Waals surface area (Å²) in [7, 11) is 0. The van der Waals surface area contributed by atoms with E-state index in [1.54, 1.807) is 6.92 Å². The van der Waals surface area contributed by atoms with E-state index in [1.807, 2.05) is 0 Å². The van der Waals surface area contributed by atoms with Gasteiger partial charge in [0.25, 0.3) is 0 Å². The van der Waals surface area contributed by atoms with Crippen molar-refractivity contribution in [1.82, 2.24) is 0 Å². The number of aliphatic hydroxyl groups excluding tert-OH is 3. The minimum absolute atomic E-state index is 0.220. The highest BCUT2D eigenvalue weighted by Gasteiger charge is 2.39. The molecular formula is C7H15NO4. The molecule has 1 rings (SSSR count). The normalized spacial score (nSPS) is 49.2. The van der Waals surface area contributed by atoms with Crippen LogP contribution in [0.15, 0.2) is 0 Å². The number of hydrogen-bond donors (Lipinski definition) is 4. The van der Waals surface area contributed by atoms with Crippen molar-refractivity contribution in [3.63, 3.8) is 0 Å². The van der Waals surface area contributed by atoms with Crippen molar-refractivity contribution >= 4 is 0 Å². The molecule has 0 bridgehead atoms. The van der Waals surface area contributed by atoms with Crippen LogP contribution < -0.4 is 5.73 Å². The van der Waals surface area contributed by atoms with Gasteiger partial charge in [-0.2, -0.15) is 0 Å². The van der Waals surface area contributed by atoms with Gasteiger partial charge in [0.05, 0.1) is 24.9 Å². The van der Waals surface area contributed by atoms with Crippen molar-refractivity contribution in [2.75, 3.05) is 6.61 Å². The van der Waals surface area contributed by atoms with Crippen molar-refractivity contribution in [3.05, 3.63) is 0 Å². The summed E-state index contributed by atoms with van der Waals surface area (Å²) in [6, 6.07) is -0.789. The fourth-order valence-corrected chi connectivity index (χ4v) is 1.34. The Bertz CT molecular complexity index is 150. The first-order valence-corrected chi connectivity index (χ1v) is 3.96. The summed E-state index contributed by atoms with van der Waals surface area (Å²) in [5.41, 5.74) is 5.42. The molecule has 0 aliphatic carbocycles. The summed E-state index contributed by atoms with van der Waals surface area (Å²) < 4.78 is 4.95. The highest BCUT2D eigenvalue weighted by Crippen LogP contribution is 2.23. The average molecular weight is 177 g/mol. The smallest absolute Gasteiger partial charge is 0.172 e. The fraction of sp³-hybridized carbons (Fsp3) is 1.00. The SMILES string of the molecule is C[C@@H]1[C@H](O)[C@@H](N)C(O)O[C@@H]1CO. The van der Waals surface area contributed by atoms with Crippen molar-refractivity contribution < 1.29 is 20.1 Å². The Morgan fingerprint density at radius 2 is 2.00 bits per heavy atom. The predicted molar refractivity (Wildman–Crippen MR) is 41.1 cm³/mol. The molecule has 5 heteroatoms. The van der Waals surface area contributed by atoms with Gasteiger partial charge in [-0.15, -0.1) is 0 Å². The molecule has 0 radical (unpaired) electrons. The van der Waals surface area contributed by atoms with Crippen LogP contribution in [0.25, 0.3) is 0 Å². The van der Waals surface area contributed by atoms with Gasteiger partial charge >= 0.3 is 0 Å². The molecule has 0 amide bonds. The maximum atomic E-state index is 9.44. The molecule has 5 atom stereocenters. The molecule has 5 N–H and O–H groups in total. The summed E-state index contributed by atoms with van der Waals surface area (Å²) in [4.78, 5) is 0. The van der Waals surface area contributed by atoms with Crippen molar-refractivity contribution in [1.29, 1.82) is 0 Å². The van der Waals surface area contributed by atoms with Crippen LogP contribution in [0.4, 0.5) is 0 Å². The molecule has 1 heterocycles. The van der Waals surface area contributed by atoms with Crippen LogP contribution in [-0.4, -0.2) is 46.5 Å². The standard InChI is InChI=1S/C7H15NO4/c1-3-4(2-9)12-7(11)5(8)6(3)10/h3-7,9-11H,2,8H2,1H3/t3-,4+,5+,6-,7?/m0/s1. The third-order valence-corrected chi connectivity index (χ3v) is 2.34. The van der Waals surface area contributed by atoms with E-state index in [1.165, 1.54) is 0 Å². The van der Waals surface area contributed by atoms with Gasteiger partial charge < -0.3 is 25.8 Å². The van der Waals surface area contributed by atoms with Gasteiger partial charge in [0.2, 0.25) is 0 Å². The fourth-order valence-electron chi connectivity index (χ4n) is 1.34. The first kappa shape index (κ1) is 9.88. The molecule has 1 aliphatic heterocycles. The Hall–Kier alpha value is -0.200. The van der Waals surface area contributed by atoms with E-state index in [2.05, 4.69) is 0 Å². The van der Waals surface area contributed by atoms with Gasteiger partial charge in [-0.25, -0.2) is 0 Å². The van der Waals surface area contributed by atoms with E-state index >= 15 is 0 Å². The van der Waals surface area contributed by atoms with Crippen LogP contribution in [0.3, 0.4) is 0 Å². The van der Waals surface area contributed by atoms with E-state index in [9.17, 15) is 5.11 Å². The third-order valence-electron chi connectivity index (χ3n) is 2.34. The third kappa shape index (κ3) is 1.60. The lowest BCUT2D eigenvalue weighted by molar-refractivity contribution is -0.229. The van der Waals surface area contributed by atoms with E-state index in [-0.39, 0.29) is 12.5 Å². The molecule has 1 unspecified atom stereocenters. The molecular weight excluding hydrogens is 162 g/mol. The van der Waals surface area contributed by atoms with Crippen LogP contribution in [0.5, 0.6) is 0 Å². The minimum atomic E-state index is -1.19. The lowest BCUT2D eigenvalue weighted by Gasteiger charge is -2.39. The molecule has 1 aliphatic rings. The Balaban J connectivity index is 2.63. The summed E-state index contributed by atoms with van der Waals surface area (Å²) in [5.74, 6) is -0.256. The number of hydrogen-bond acceptors (Lipinski definition) is 5. The summed E-state index contributed by atoms with van der Waals surface area (Å²) >= 11 is 0. The zero-order chi connectivity index (χ0) is 9.30. The summed E-state index contributed by atoms with van der Waals surface area (Å²) in [6.45, 7) is 1.50. The van der Waals surface area contributed by atoms with E-state index in [0.717, 1.165) is 0 Å². The van der Waals surface area contributed by atoms with E-state index < -0.39 is 24.5 Å². The maximum absolute atomic E-state index is 9.44. The lowest BCUT2D eigenvalue weighted by Crippen LogP contribution is -2.58. The van der Waals surface area contributed by atoms with E-state index in [4.69, 9.17) is 20.7 Å². The van der Waals surface area contributed by atoms with Crippen LogP contribution in [0.2, 0.25) is 0 Å². The number of ether oxygens (including phenoxy) is 1. The maximum Gasteiger partial charge on any atom is 0.172 e. The molecule has 5 nitrogen and oxygen atoms in total. The molecule has 1 saturated heterocycles. The molecule has 0 saturated carbocycles. The van der Waals surface area contributed by atoms with Crippen molar-refractivity contribution in [3.8, 4) is 0 Å². The van der Waals surface area contributed by atoms with Gasteiger partial charge in [-0.3, -0.25) is 0 Å². The second-order valence-corrected chi connectivity index (χ2v) is 3.17. The second-order valence-electron chi connectivity index (χ2n) is 3.17. The zero-order valence-corrected chi connectivity index (χ0v) is 6.92. The minimum Gasteiger partial charge on any atom is -0.394 e. The second kappa shape index (κ2) is 3.68. The average Bonchev–Trinajstić information content (AvgIpc) is 2.08. The van der Waals surface area contributed by atoms with Gasteiger partial charge in [0.1, 0.15) is 0 Å². The molecule has 12 heavy (non-hydrogen) atoms. The Kier molecular flexibility index (Phi) is 3.03. The van der Waals surface area contributed by atoms with Gasteiger partial charge in [0, 0.05) is 5.92 Å². The Morgan fingerprint density at radius 1 is 1.42 bits per heavy atom. The van der Waals surface area contributed by atoms with Crippen LogP contribution >= 0.6 is 0 Å². The zero-order valence-electron chi connectivity index (χ0n) is 6.92. The van der Waals surface area contributed by atoms with Gasteiger partial charge in [-0.1, -0.05) is 6.92 Å². The number of aliphatic hydroxyl groups is 3. The molecule has 0 aromatic rings. The highest BCUT2D eigenvalue weighted by atomic mass is 16.6. The van der Waals surface area contributed by atoms with Gasteiger partial charge in [-0.05, 0) is 0 Å². The predicted octanol–water partition coefficient (Wildman–Crippen LogP) is -1.98. The first-order chi connectivity index (χ1) is 5.57. The van der Waals surface area contributed by atoms with Crippen LogP contribution in [-0.2, 0) is 4.74 Å². The van der Waals surface area contributed by atoms with Crippen LogP contribution in [0, 0.1) is 5.92 Å². The van der Waals surface area contributed by atoms with Crippen LogP contribution in [0.1, 0.15) is 6.92 Å². The van der Waals surface area contributed by atoms with Gasteiger partial charge in [0.15, 0.2) is 6.29 Å². The lowest BCUT2D eigenvalue weighted by atomic mass is 9.90. The monoisotopic (exact) mass is 177 g/mol. The highest BCUT2D eigenvalue weighted by molar-refractivity contribution is 4.88. The largest absolute Gasteiger partial charge is 0.394 e. The first-order valence-electron chi connectivity index (χ1n) is 3.96.